The summed E-state index contributed by atoms with van der Waals surface area (Å²) in [6.07, 6.45) is 1.78. The van der Waals surface area contributed by atoms with E-state index in [1.54, 1.807) is 6.20 Å². The zero-order valence-corrected chi connectivity index (χ0v) is 15.3. The molecule has 0 aliphatic carbocycles. The van der Waals surface area contributed by atoms with Gasteiger partial charge in [-0.25, -0.2) is 4.98 Å². The molecule has 0 bridgehead atoms. The van der Waals surface area contributed by atoms with E-state index >= 15 is 0 Å². The summed E-state index contributed by atoms with van der Waals surface area (Å²) in [6.45, 7) is 5.04. The molecule has 0 spiro atoms. The van der Waals surface area contributed by atoms with Gasteiger partial charge in [-0.05, 0) is 61.9 Å². The number of rotatable bonds is 5. The second-order valence-electron chi connectivity index (χ2n) is 5.45. The molecule has 2 aromatic carbocycles. The fourth-order valence-electron chi connectivity index (χ4n) is 2.49. The molecule has 1 N–H and O–H groups in total. The zero-order chi connectivity index (χ0) is 16.9. The molecule has 4 nitrogen and oxygen atoms in total. The molecule has 0 atom stereocenters. The third kappa shape index (κ3) is 3.92. The van der Waals surface area contributed by atoms with Gasteiger partial charge in [0.2, 0.25) is 5.95 Å². The summed E-state index contributed by atoms with van der Waals surface area (Å²) in [5.41, 5.74) is 3.31. The maximum atomic E-state index is 4.66. The summed E-state index contributed by atoms with van der Waals surface area (Å²) in [4.78, 5) is 11.2. The normalized spacial score (nSPS) is 10.5. The fraction of sp³-hybridized carbons (Fsp3) is 0.158. The number of halogens is 1. The first-order valence-electron chi connectivity index (χ1n) is 7.85. The van der Waals surface area contributed by atoms with Crippen LogP contribution in [0.1, 0.15) is 12.5 Å². The van der Waals surface area contributed by atoms with E-state index in [0.717, 1.165) is 28.2 Å². The number of nitrogens with zero attached hydrogens (tertiary/aromatic N) is 3. The number of benzene rings is 2. The van der Waals surface area contributed by atoms with Gasteiger partial charge in [-0.1, -0.05) is 28.1 Å². The van der Waals surface area contributed by atoms with Gasteiger partial charge in [-0.3, -0.25) is 0 Å². The Morgan fingerprint density at radius 1 is 1.08 bits per heavy atom. The number of aryl methyl sites for hydroxylation is 1. The molecule has 3 aromatic rings. The molecule has 3 rings (SSSR count). The van der Waals surface area contributed by atoms with Gasteiger partial charge in [0.1, 0.15) is 5.82 Å². The molecule has 0 saturated carbocycles. The van der Waals surface area contributed by atoms with Crippen LogP contribution in [0.5, 0.6) is 0 Å². The zero-order valence-electron chi connectivity index (χ0n) is 13.7. The highest BCUT2D eigenvalue weighted by Gasteiger charge is 2.10. The molecule has 5 heteroatoms. The smallest absolute Gasteiger partial charge is 0.229 e. The van der Waals surface area contributed by atoms with Crippen molar-refractivity contribution < 1.29 is 0 Å². The third-order valence-corrected chi connectivity index (χ3v) is 4.18. The first-order chi connectivity index (χ1) is 11.7. The average molecular weight is 383 g/mol. The van der Waals surface area contributed by atoms with E-state index in [1.165, 1.54) is 5.56 Å². The maximum absolute atomic E-state index is 4.66. The molecule has 0 aliphatic rings. The Labute approximate surface area is 150 Å². The van der Waals surface area contributed by atoms with Crippen molar-refractivity contribution in [3.63, 3.8) is 0 Å². The van der Waals surface area contributed by atoms with Crippen molar-refractivity contribution in [3.05, 3.63) is 70.8 Å². The SMILES string of the molecule is CCN(c1cccc(C)c1)c1ccnc(Nc2ccc(Br)cc2)n1. The lowest BCUT2D eigenvalue weighted by atomic mass is 10.2. The minimum absolute atomic E-state index is 0.584. The summed E-state index contributed by atoms with van der Waals surface area (Å²) < 4.78 is 1.04. The highest BCUT2D eigenvalue weighted by Crippen LogP contribution is 2.25. The van der Waals surface area contributed by atoms with Crippen LogP contribution < -0.4 is 10.2 Å². The van der Waals surface area contributed by atoms with E-state index in [0.29, 0.717) is 5.95 Å². The summed E-state index contributed by atoms with van der Waals surface area (Å²) in [5.74, 6) is 1.46. The summed E-state index contributed by atoms with van der Waals surface area (Å²) >= 11 is 3.44. The van der Waals surface area contributed by atoms with Crippen molar-refractivity contribution in [3.8, 4) is 0 Å². The first kappa shape index (κ1) is 16.5. The van der Waals surface area contributed by atoms with Crippen molar-refractivity contribution >= 4 is 39.1 Å². The van der Waals surface area contributed by atoms with Gasteiger partial charge in [-0.2, -0.15) is 4.98 Å². The van der Waals surface area contributed by atoms with Crippen LogP contribution in [-0.2, 0) is 0 Å². The lowest BCUT2D eigenvalue weighted by Gasteiger charge is -2.22. The van der Waals surface area contributed by atoms with Crippen LogP contribution in [0.15, 0.2) is 65.3 Å². The first-order valence-corrected chi connectivity index (χ1v) is 8.65. The molecule has 0 fully saturated rings. The highest BCUT2D eigenvalue weighted by atomic mass is 79.9. The van der Waals surface area contributed by atoms with Crippen LogP contribution in [0.25, 0.3) is 0 Å². The van der Waals surface area contributed by atoms with Gasteiger partial charge in [0, 0.05) is 28.6 Å². The van der Waals surface area contributed by atoms with E-state index in [1.807, 2.05) is 30.3 Å². The van der Waals surface area contributed by atoms with Crippen LogP contribution in [0.3, 0.4) is 0 Å². The van der Waals surface area contributed by atoms with Crippen LogP contribution >= 0.6 is 15.9 Å². The van der Waals surface area contributed by atoms with Gasteiger partial charge < -0.3 is 10.2 Å². The molecule has 122 valence electrons. The van der Waals surface area contributed by atoms with E-state index in [-0.39, 0.29) is 0 Å². The molecular weight excluding hydrogens is 364 g/mol. The van der Waals surface area contributed by atoms with Gasteiger partial charge >= 0.3 is 0 Å². The van der Waals surface area contributed by atoms with E-state index in [9.17, 15) is 0 Å². The minimum Gasteiger partial charge on any atom is -0.326 e. The second-order valence-corrected chi connectivity index (χ2v) is 6.37. The number of aromatic nitrogens is 2. The van der Waals surface area contributed by atoms with Crippen molar-refractivity contribution in [1.82, 2.24) is 9.97 Å². The van der Waals surface area contributed by atoms with Crippen molar-refractivity contribution in [2.45, 2.75) is 13.8 Å². The molecule has 0 radical (unpaired) electrons. The van der Waals surface area contributed by atoms with Gasteiger partial charge in [0.05, 0.1) is 0 Å². The molecule has 0 amide bonds. The Morgan fingerprint density at radius 2 is 1.88 bits per heavy atom. The standard InChI is InChI=1S/C19H19BrN4/c1-3-24(17-6-4-5-14(2)13-17)18-11-12-21-19(23-18)22-16-9-7-15(20)8-10-16/h4-13H,3H2,1-2H3,(H,21,22,23). The Balaban J connectivity index is 1.87. The Hall–Kier alpha value is -2.40. The van der Waals surface area contributed by atoms with Crippen LogP contribution in [0, 0.1) is 6.92 Å². The lowest BCUT2D eigenvalue weighted by Crippen LogP contribution is -2.18. The average Bonchev–Trinajstić information content (AvgIpc) is 2.58. The van der Waals surface area contributed by atoms with E-state index < -0.39 is 0 Å². The maximum Gasteiger partial charge on any atom is 0.229 e. The quantitative estimate of drug-likeness (QED) is 0.636. The molecule has 24 heavy (non-hydrogen) atoms. The van der Waals surface area contributed by atoms with Crippen molar-refractivity contribution in [1.29, 1.82) is 0 Å². The molecule has 0 unspecified atom stereocenters. The minimum atomic E-state index is 0.584. The molecule has 0 saturated heterocycles. The number of hydrogen-bond donors (Lipinski definition) is 1. The van der Waals surface area contributed by atoms with Gasteiger partial charge in [0.25, 0.3) is 0 Å². The van der Waals surface area contributed by atoms with Crippen LogP contribution in [0.2, 0.25) is 0 Å². The van der Waals surface area contributed by atoms with Gasteiger partial charge in [0.15, 0.2) is 0 Å². The molecule has 0 aliphatic heterocycles. The highest BCUT2D eigenvalue weighted by molar-refractivity contribution is 9.10. The predicted octanol–water partition coefficient (Wildman–Crippen LogP) is 5.45. The number of nitrogens with one attached hydrogen (secondary N) is 1. The predicted molar refractivity (Wildman–Crippen MR) is 103 cm³/mol. The van der Waals surface area contributed by atoms with Crippen LogP contribution in [-0.4, -0.2) is 16.5 Å². The van der Waals surface area contributed by atoms with Gasteiger partial charge in [-0.15, -0.1) is 0 Å². The Morgan fingerprint density at radius 3 is 2.58 bits per heavy atom. The van der Waals surface area contributed by atoms with E-state index in [2.05, 4.69) is 74.2 Å². The van der Waals surface area contributed by atoms with Crippen molar-refractivity contribution in [2.24, 2.45) is 0 Å². The topological polar surface area (TPSA) is 41.1 Å². The molecule has 1 heterocycles. The Bertz CT molecular complexity index is 818. The molecular formula is C19H19BrN4. The van der Waals surface area contributed by atoms with E-state index in [4.69, 9.17) is 0 Å². The summed E-state index contributed by atoms with van der Waals surface area (Å²) in [6, 6.07) is 18.3. The van der Waals surface area contributed by atoms with Crippen molar-refractivity contribution in [2.75, 3.05) is 16.8 Å². The second kappa shape index (κ2) is 7.45. The summed E-state index contributed by atoms with van der Waals surface area (Å²) in [7, 11) is 0. The monoisotopic (exact) mass is 382 g/mol. The largest absolute Gasteiger partial charge is 0.326 e. The fourth-order valence-corrected chi connectivity index (χ4v) is 2.76. The number of anilines is 4. The summed E-state index contributed by atoms with van der Waals surface area (Å²) in [5, 5.41) is 3.24. The molecule has 1 aromatic heterocycles. The Kier molecular flexibility index (Phi) is 5.11. The third-order valence-electron chi connectivity index (χ3n) is 3.65. The lowest BCUT2D eigenvalue weighted by molar-refractivity contribution is 0.977. The van der Waals surface area contributed by atoms with Crippen LogP contribution in [0.4, 0.5) is 23.1 Å². The number of hydrogen-bond acceptors (Lipinski definition) is 4.